The fourth-order valence-electron chi connectivity index (χ4n) is 5.15. The first-order valence-electron chi connectivity index (χ1n) is 12.6. The molecule has 0 radical (unpaired) electrons. The summed E-state index contributed by atoms with van der Waals surface area (Å²) in [7, 11) is 0. The van der Waals surface area contributed by atoms with Crippen LogP contribution in [-0.4, -0.2) is 0 Å². The SMILES string of the molecule is CCCCCCCC1CCC(c2ccc3c(F)c(C#Cc4ccc(Cl)cc4)ccc3c2)CC1. The molecule has 3 aromatic carbocycles. The summed E-state index contributed by atoms with van der Waals surface area (Å²) in [5.74, 6) is 7.31. The number of fused-ring (bicyclic) bond motifs is 1. The number of hydrogen-bond donors (Lipinski definition) is 0. The van der Waals surface area contributed by atoms with Crippen LogP contribution in [0.25, 0.3) is 10.8 Å². The number of halogens is 2. The molecule has 0 bridgehead atoms. The Morgan fingerprint density at radius 3 is 2.36 bits per heavy atom. The third kappa shape index (κ3) is 6.39. The van der Waals surface area contributed by atoms with E-state index in [1.807, 2.05) is 24.3 Å². The van der Waals surface area contributed by atoms with Gasteiger partial charge in [0, 0.05) is 16.0 Å². The van der Waals surface area contributed by atoms with E-state index in [1.54, 1.807) is 18.2 Å². The molecule has 0 aliphatic heterocycles. The maximum atomic E-state index is 15.1. The molecule has 2 heteroatoms. The average Bonchev–Trinajstić information content (AvgIpc) is 2.85. The zero-order chi connectivity index (χ0) is 23.0. The molecule has 172 valence electrons. The van der Waals surface area contributed by atoms with Gasteiger partial charge in [0.15, 0.2) is 0 Å². The lowest BCUT2D eigenvalue weighted by molar-refractivity contribution is 0.302. The Hall–Kier alpha value is -2.30. The first kappa shape index (κ1) is 23.8. The summed E-state index contributed by atoms with van der Waals surface area (Å²) < 4.78 is 15.1. The van der Waals surface area contributed by atoms with E-state index in [0.29, 0.717) is 21.9 Å². The molecule has 3 aromatic rings. The van der Waals surface area contributed by atoms with E-state index in [0.717, 1.165) is 16.9 Å². The predicted octanol–water partition coefficient (Wildman–Crippen LogP) is 9.67. The van der Waals surface area contributed by atoms with Crippen molar-refractivity contribution >= 4 is 22.4 Å². The van der Waals surface area contributed by atoms with E-state index in [-0.39, 0.29) is 5.82 Å². The summed E-state index contributed by atoms with van der Waals surface area (Å²) in [6.07, 6.45) is 13.5. The Morgan fingerprint density at radius 1 is 0.848 bits per heavy atom. The van der Waals surface area contributed by atoms with Gasteiger partial charge in [-0.2, -0.15) is 0 Å². The van der Waals surface area contributed by atoms with Crippen molar-refractivity contribution in [3.63, 3.8) is 0 Å². The third-order valence-corrected chi connectivity index (χ3v) is 7.45. The highest BCUT2D eigenvalue weighted by Crippen LogP contribution is 2.39. The van der Waals surface area contributed by atoms with Gasteiger partial charge in [-0.25, -0.2) is 4.39 Å². The smallest absolute Gasteiger partial charge is 0.146 e. The molecule has 0 aromatic heterocycles. The Balaban J connectivity index is 1.39. The summed E-state index contributed by atoms with van der Waals surface area (Å²) in [4.78, 5) is 0. The minimum atomic E-state index is -0.229. The van der Waals surface area contributed by atoms with Crippen molar-refractivity contribution in [3.8, 4) is 11.8 Å². The van der Waals surface area contributed by atoms with Crippen LogP contribution in [0.2, 0.25) is 5.02 Å². The van der Waals surface area contributed by atoms with Crippen LogP contribution in [0.3, 0.4) is 0 Å². The van der Waals surface area contributed by atoms with Crippen molar-refractivity contribution < 1.29 is 4.39 Å². The number of benzene rings is 3. The van der Waals surface area contributed by atoms with Gasteiger partial charge < -0.3 is 0 Å². The van der Waals surface area contributed by atoms with Gasteiger partial charge in [0.1, 0.15) is 5.82 Å². The van der Waals surface area contributed by atoms with Gasteiger partial charge in [-0.1, -0.05) is 93.2 Å². The van der Waals surface area contributed by atoms with Crippen molar-refractivity contribution in [3.05, 3.63) is 82.1 Å². The standard InChI is InChI=1S/C31H34ClF/c1-2-3-4-5-6-7-23-8-13-25(14-9-23)27-18-21-30-28(22-27)17-16-26(31(30)33)15-10-24-11-19-29(32)20-12-24/h11-12,16-23,25H,2-9,13-14H2,1H3. The second-order valence-electron chi connectivity index (χ2n) is 9.59. The van der Waals surface area contributed by atoms with Crippen LogP contribution in [-0.2, 0) is 0 Å². The average molecular weight is 461 g/mol. The summed E-state index contributed by atoms with van der Waals surface area (Å²) in [5.41, 5.74) is 2.62. The second kappa shape index (κ2) is 11.7. The van der Waals surface area contributed by atoms with Crippen molar-refractivity contribution in [2.75, 3.05) is 0 Å². The highest BCUT2D eigenvalue weighted by Gasteiger charge is 2.22. The minimum Gasteiger partial charge on any atom is -0.205 e. The quantitative estimate of drug-likeness (QED) is 0.243. The molecule has 0 spiro atoms. The number of unbranched alkanes of at least 4 members (excludes halogenated alkanes) is 4. The zero-order valence-electron chi connectivity index (χ0n) is 19.7. The summed E-state index contributed by atoms with van der Waals surface area (Å²) >= 11 is 5.92. The Morgan fingerprint density at radius 2 is 1.61 bits per heavy atom. The fourth-order valence-corrected chi connectivity index (χ4v) is 5.28. The van der Waals surface area contributed by atoms with Gasteiger partial charge in [0.2, 0.25) is 0 Å². The normalized spacial score (nSPS) is 18.2. The predicted molar refractivity (Wildman–Crippen MR) is 139 cm³/mol. The first-order valence-corrected chi connectivity index (χ1v) is 13.0. The minimum absolute atomic E-state index is 0.229. The molecular formula is C31H34ClF. The van der Waals surface area contributed by atoms with Crippen LogP contribution in [0.5, 0.6) is 0 Å². The molecule has 1 saturated carbocycles. The fraction of sp³-hybridized carbons (Fsp3) is 0.419. The molecule has 1 aliphatic rings. The van der Waals surface area contributed by atoms with E-state index in [2.05, 4.69) is 30.9 Å². The number of rotatable bonds is 7. The van der Waals surface area contributed by atoms with Gasteiger partial charge in [0.25, 0.3) is 0 Å². The van der Waals surface area contributed by atoms with E-state index >= 15 is 4.39 Å². The zero-order valence-corrected chi connectivity index (χ0v) is 20.4. The molecule has 4 rings (SSSR count). The van der Waals surface area contributed by atoms with Gasteiger partial charge in [-0.3, -0.25) is 0 Å². The molecule has 0 nitrogen and oxygen atoms in total. The van der Waals surface area contributed by atoms with E-state index < -0.39 is 0 Å². The van der Waals surface area contributed by atoms with Crippen LogP contribution < -0.4 is 0 Å². The Bertz CT molecular complexity index is 1110. The van der Waals surface area contributed by atoms with Gasteiger partial charge in [-0.05, 0) is 78.8 Å². The van der Waals surface area contributed by atoms with Gasteiger partial charge in [-0.15, -0.1) is 0 Å². The molecule has 0 amide bonds. The molecule has 0 unspecified atom stereocenters. The molecule has 1 fully saturated rings. The Kier molecular flexibility index (Phi) is 8.46. The summed E-state index contributed by atoms with van der Waals surface area (Å²) in [5, 5.41) is 2.30. The first-order chi connectivity index (χ1) is 16.1. The van der Waals surface area contributed by atoms with Crippen LogP contribution in [0.1, 0.15) is 93.7 Å². The molecule has 0 heterocycles. The molecular weight excluding hydrogens is 427 g/mol. The lowest BCUT2D eigenvalue weighted by Crippen LogP contribution is -2.13. The van der Waals surface area contributed by atoms with Crippen LogP contribution in [0.15, 0.2) is 54.6 Å². The van der Waals surface area contributed by atoms with E-state index in [1.165, 1.54) is 69.8 Å². The van der Waals surface area contributed by atoms with Crippen LogP contribution in [0.4, 0.5) is 4.39 Å². The maximum Gasteiger partial charge on any atom is 0.146 e. The van der Waals surface area contributed by atoms with Crippen molar-refractivity contribution in [2.24, 2.45) is 5.92 Å². The molecule has 33 heavy (non-hydrogen) atoms. The van der Waals surface area contributed by atoms with Gasteiger partial charge in [0.05, 0.1) is 5.56 Å². The largest absolute Gasteiger partial charge is 0.205 e. The lowest BCUT2D eigenvalue weighted by atomic mass is 9.76. The van der Waals surface area contributed by atoms with E-state index in [9.17, 15) is 0 Å². The van der Waals surface area contributed by atoms with Crippen molar-refractivity contribution in [1.82, 2.24) is 0 Å². The summed E-state index contributed by atoms with van der Waals surface area (Å²) in [6.45, 7) is 2.28. The highest BCUT2D eigenvalue weighted by molar-refractivity contribution is 6.30. The van der Waals surface area contributed by atoms with Gasteiger partial charge >= 0.3 is 0 Å². The second-order valence-corrected chi connectivity index (χ2v) is 10.0. The Labute approximate surface area is 203 Å². The molecule has 1 aliphatic carbocycles. The monoisotopic (exact) mass is 460 g/mol. The third-order valence-electron chi connectivity index (χ3n) is 7.20. The lowest BCUT2D eigenvalue weighted by Gasteiger charge is -2.29. The molecule has 0 N–H and O–H groups in total. The van der Waals surface area contributed by atoms with Crippen LogP contribution in [0, 0.1) is 23.6 Å². The topological polar surface area (TPSA) is 0 Å². The van der Waals surface area contributed by atoms with Crippen molar-refractivity contribution in [1.29, 1.82) is 0 Å². The molecule has 0 atom stereocenters. The van der Waals surface area contributed by atoms with E-state index in [4.69, 9.17) is 11.6 Å². The highest BCUT2D eigenvalue weighted by atomic mass is 35.5. The maximum absolute atomic E-state index is 15.1. The van der Waals surface area contributed by atoms with Crippen molar-refractivity contribution in [2.45, 2.75) is 77.0 Å². The molecule has 0 saturated heterocycles. The summed E-state index contributed by atoms with van der Waals surface area (Å²) in [6, 6.07) is 17.4. The number of hydrogen-bond acceptors (Lipinski definition) is 0. The van der Waals surface area contributed by atoms with Crippen LogP contribution >= 0.6 is 11.6 Å².